The van der Waals surface area contributed by atoms with E-state index in [1.165, 1.54) is 17.4 Å². The molecular weight excluding hydrogens is 418 g/mol. The van der Waals surface area contributed by atoms with Gasteiger partial charge in [-0.05, 0) is 40.2 Å². The first-order valence-electron chi connectivity index (χ1n) is 5.49. The van der Waals surface area contributed by atoms with Crippen molar-refractivity contribution < 1.29 is 8.42 Å². The second kappa shape index (κ2) is 5.40. The van der Waals surface area contributed by atoms with Crippen LogP contribution in [0.3, 0.4) is 0 Å². The number of hydrogen-bond acceptors (Lipinski definition) is 6. The molecular formula is C11H7BrClN3O2S3. The molecule has 0 saturated carbocycles. The lowest BCUT2D eigenvalue weighted by atomic mass is 10.3. The molecule has 110 valence electrons. The van der Waals surface area contributed by atoms with Crippen LogP contribution in [0.5, 0.6) is 0 Å². The molecule has 0 saturated heterocycles. The molecule has 3 aromatic rings. The van der Waals surface area contributed by atoms with E-state index in [-0.39, 0.29) is 9.34 Å². The molecule has 0 fully saturated rings. The third kappa shape index (κ3) is 3.02. The number of nitrogens with two attached hydrogens (primary N) is 1. The van der Waals surface area contributed by atoms with Gasteiger partial charge in [-0.2, -0.15) is 0 Å². The molecule has 5 nitrogen and oxygen atoms in total. The molecule has 1 aromatic carbocycles. The number of hydrogen-bond donors (Lipinski definition) is 2. The van der Waals surface area contributed by atoms with Gasteiger partial charge in [0.05, 0.1) is 19.0 Å². The highest BCUT2D eigenvalue weighted by atomic mass is 79.9. The molecule has 0 aliphatic rings. The molecule has 2 heterocycles. The predicted molar refractivity (Wildman–Crippen MR) is 91.9 cm³/mol. The summed E-state index contributed by atoms with van der Waals surface area (Å²) in [4.78, 5) is 4.23. The third-order valence-electron chi connectivity index (χ3n) is 2.52. The number of rotatable bonds is 3. The molecule has 0 unspecified atom stereocenters. The van der Waals surface area contributed by atoms with Crippen LogP contribution in [0.15, 0.2) is 32.3 Å². The Morgan fingerprint density at radius 1 is 1.29 bits per heavy atom. The van der Waals surface area contributed by atoms with Crippen molar-refractivity contribution in [3.63, 3.8) is 0 Å². The summed E-state index contributed by atoms with van der Waals surface area (Å²) < 4.78 is 28.5. The Balaban J connectivity index is 1.97. The maximum absolute atomic E-state index is 12.3. The van der Waals surface area contributed by atoms with E-state index in [1.807, 2.05) is 0 Å². The molecule has 0 radical (unpaired) electrons. The largest absolute Gasteiger partial charge is 0.399 e. The monoisotopic (exact) mass is 423 g/mol. The van der Waals surface area contributed by atoms with E-state index in [4.69, 9.17) is 17.3 Å². The maximum atomic E-state index is 12.3. The second-order valence-electron chi connectivity index (χ2n) is 4.04. The minimum atomic E-state index is -3.70. The van der Waals surface area contributed by atoms with Gasteiger partial charge in [-0.1, -0.05) is 22.9 Å². The van der Waals surface area contributed by atoms with Crippen LogP contribution in [0.25, 0.3) is 10.2 Å². The summed E-state index contributed by atoms with van der Waals surface area (Å²) in [6, 6.07) is 6.61. The van der Waals surface area contributed by atoms with E-state index in [1.54, 1.807) is 18.2 Å². The fourth-order valence-electron chi connectivity index (χ4n) is 1.61. The zero-order chi connectivity index (χ0) is 15.2. The van der Waals surface area contributed by atoms with Gasteiger partial charge in [-0.25, -0.2) is 13.4 Å². The molecule has 21 heavy (non-hydrogen) atoms. The first-order chi connectivity index (χ1) is 9.85. The van der Waals surface area contributed by atoms with Crippen molar-refractivity contribution in [2.75, 3.05) is 10.5 Å². The molecule has 0 atom stereocenters. The highest BCUT2D eigenvalue weighted by Crippen LogP contribution is 2.36. The number of halogens is 2. The standard InChI is InChI=1S/C11H7BrClN3O2S3/c12-10-6(13)4-9(20-10)21(17,18)16-11-15-7-2-1-5(14)3-8(7)19-11/h1-4H,14H2,(H,15,16). The van der Waals surface area contributed by atoms with Crippen molar-refractivity contribution in [1.29, 1.82) is 0 Å². The van der Waals surface area contributed by atoms with E-state index in [0.29, 0.717) is 20.0 Å². The van der Waals surface area contributed by atoms with Crippen LogP contribution in [0.1, 0.15) is 0 Å². The van der Waals surface area contributed by atoms with E-state index in [9.17, 15) is 8.42 Å². The molecule has 3 rings (SSSR count). The normalized spacial score (nSPS) is 11.9. The first-order valence-corrected chi connectivity index (χ1v) is 9.77. The molecule has 0 amide bonds. The van der Waals surface area contributed by atoms with E-state index < -0.39 is 10.0 Å². The SMILES string of the molecule is Nc1ccc2nc(NS(=O)(=O)c3cc(Cl)c(Br)s3)sc2c1. The number of thiophene rings is 1. The summed E-state index contributed by atoms with van der Waals surface area (Å²) in [5.41, 5.74) is 6.99. The van der Waals surface area contributed by atoms with Gasteiger partial charge in [0.15, 0.2) is 5.13 Å². The minimum Gasteiger partial charge on any atom is -0.399 e. The van der Waals surface area contributed by atoms with Crippen LogP contribution >= 0.6 is 50.2 Å². The molecule has 0 spiro atoms. The maximum Gasteiger partial charge on any atom is 0.273 e. The van der Waals surface area contributed by atoms with Crippen molar-refractivity contribution >= 4 is 81.3 Å². The summed E-state index contributed by atoms with van der Waals surface area (Å²) in [6.45, 7) is 0. The number of nitrogens with zero attached hydrogens (tertiary/aromatic N) is 1. The molecule has 10 heteroatoms. The van der Waals surface area contributed by atoms with Crippen LogP contribution in [-0.4, -0.2) is 13.4 Å². The highest BCUT2D eigenvalue weighted by molar-refractivity contribution is 9.11. The Hall–Kier alpha value is -0.870. The van der Waals surface area contributed by atoms with Crippen molar-refractivity contribution in [1.82, 2.24) is 4.98 Å². The third-order valence-corrected chi connectivity index (χ3v) is 7.87. The smallest absolute Gasteiger partial charge is 0.273 e. The minimum absolute atomic E-state index is 0.123. The zero-order valence-electron chi connectivity index (χ0n) is 10.1. The first kappa shape index (κ1) is 15.0. The molecule has 0 aliphatic heterocycles. The van der Waals surface area contributed by atoms with Crippen molar-refractivity contribution in [3.05, 3.63) is 33.1 Å². The summed E-state index contributed by atoms with van der Waals surface area (Å²) in [7, 11) is -3.70. The predicted octanol–water partition coefficient (Wildman–Crippen LogP) is 4.16. The van der Waals surface area contributed by atoms with Gasteiger partial charge >= 0.3 is 0 Å². The average Bonchev–Trinajstić information content (AvgIpc) is 2.92. The quantitative estimate of drug-likeness (QED) is 0.618. The van der Waals surface area contributed by atoms with Crippen LogP contribution in [0.2, 0.25) is 5.02 Å². The Kier molecular flexibility index (Phi) is 3.87. The number of nitrogens with one attached hydrogen (secondary N) is 1. The molecule has 3 N–H and O–H groups in total. The van der Waals surface area contributed by atoms with Gasteiger partial charge in [-0.15, -0.1) is 11.3 Å². The zero-order valence-corrected chi connectivity index (χ0v) is 14.9. The lowest BCUT2D eigenvalue weighted by Gasteiger charge is -2.01. The van der Waals surface area contributed by atoms with Gasteiger partial charge in [0.1, 0.15) is 4.21 Å². The van der Waals surface area contributed by atoms with Crippen molar-refractivity contribution in [3.8, 4) is 0 Å². The lowest BCUT2D eigenvalue weighted by molar-refractivity contribution is 0.603. The number of thiazole rings is 1. The molecule has 2 aromatic heterocycles. The Morgan fingerprint density at radius 2 is 2.05 bits per heavy atom. The van der Waals surface area contributed by atoms with Crippen molar-refractivity contribution in [2.45, 2.75) is 4.21 Å². The summed E-state index contributed by atoms with van der Waals surface area (Å²) >= 11 is 11.3. The van der Waals surface area contributed by atoms with Crippen LogP contribution in [-0.2, 0) is 10.0 Å². The van der Waals surface area contributed by atoms with Crippen molar-refractivity contribution in [2.24, 2.45) is 0 Å². The average molecular weight is 425 g/mol. The van der Waals surface area contributed by atoms with Gasteiger partial charge in [0.25, 0.3) is 10.0 Å². The van der Waals surface area contributed by atoms with Gasteiger partial charge in [0, 0.05) is 5.69 Å². The fraction of sp³-hybridized carbons (Fsp3) is 0. The lowest BCUT2D eigenvalue weighted by Crippen LogP contribution is -2.11. The molecule has 0 bridgehead atoms. The van der Waals surface area contributed by atoms with Crippen LogP contribution in [0.4, 0.5) is 10.8 Å². The van der Waals surface area contributed by atoms with Gasteiger partial charge in [0.2, 0.25) is 0 Å². The van der Waals surface area contributed by atoms with Crippen LogP contribution in [0, 0.1) is 0 Å². The number of nitrogen functional groups attached to an aromatic ring is 1. The fourth-order valence-corrected chi connectivity index (χ4v) is 6.16. The second-order valence-corrected chi connectivity index (χ2v) is 9.76. The molecule has 0 aliphatic carbocycles. The Morgan fingerprint density at radius 3 is 2.71 bits per heavy atom. The van der Waals surface area contributed by atoms with E-state index >= 15 is 0 Å². The summed E-state index contributed by atoms with van der Waals surface area (Å²) in [5, 5.41) is 0.647. The van der Waals surface area contributed by atoms with Gasteiger partial charge < -0.3 is 5.73 Å². The highest BCUT2D eigenvalue weighted by Gasteiger charge is 2.20. The van der Waals surface area contributed by atoms with E-state index in [2.05, 4.69) is 25.6 Å². The number of sulfonamides is 1. The topological polar surface area (TPSA) is 85.1 Å². The number of aromatic nitrogens is 1. The van der Waals surface area contributed by atoms with Crippen LogP contribution < -0.4 is 10.5 Å². The van der Waals surface area contributed by atoms with E-state index in [0.717, 1.165) is 16.0 Å². The summed E-state index contributed by atoms with van der Waals surface area (Å²) in [6.07, 6.45) is 0. The number of benzene rings is 1. The Labute approximate surface area is 141 Å². The summed E-state index contributed by atoms with van der Waals surface area (Å²) in [5.74, 6) is 0. The number of fused-ring (bicyclic) bond motifs is 1. The van der Waals surface area contributed by atoms with Gasteiger partial charge in [-0.3, -0.25) is 4.72 Å². The Bertz CT molecular complexity index is 916. The number of anilines is 2.